The minimum atomic E-state index is 0.161. The Morgan fingerprint density at radius 2 is 1.88 bits per heavy atom. The van der Waals surface area contributed by atoms with Crippen LogP contribution in [0.2, 0.25) is 0 Å². The largest absolute Gasteiger partial charge is 0.360 e. The fraction of sp³-hybridized carbons (Fsp3) is 0.526. The van der Waals surface area contributed by atoms with E-state index in [1.54, 1.807) is 11.3 Å². The number of aromatic nitrogens is 4. The molecule has 0 aliphatic heterocycles. The molecule has 0 saturated heterocycles. The van der Waals surface area contributed by atoms with Crippen LogP contribution in [0, 0.1) is 5.92 Å². The first-order valence-corrected chi connectivity index (χ1v) is 9.95. The fourth-order valence-electron chi connectivity index (χ4n) is 2.91. The molecule has 0 spiro atoms. The molecule has 5 nitrogen and oxygen atoms in total. The van der Waals surface area contributed by atoms with Gasteiger partial charge in [-0.05, 0) is 29.9 Å². The number of benzene rings is 1. The van der Waals surface area contributed by atoms with Crippen LogP contribution in [0.3, 0.4) is 0 Å². The van der Waals surface area contributed by atoms with Crippen molar-refractivity contribution in [2.75, 3.05) is 11.9 Å². The number of unbranched alkanes of at least 4 members (excludes halogenated alkanes) is 1. The third-order valence-corrected chi connectivity index (χ3v) is 5.19. The molecule has 3 rings (SSSR count). The van der Waals surface area contributed by atoms with E-state index in [1.165, 1.54) is 17.5 Å². The summed E-state index contributed by atoms with van der Waals surface area (Å²) in [6.07, 6.45) is 3.43. The maximum atomic E-state index is 4.65. The number of hydrogen-bond donors (Lipinski definition) is 1. The van der Waals surface area contributed by atoms with Gasteiger partial charge in [0.25, 0.3) is 0 Å². The Kier molecular flexibility index (Phi) is 5.68. The maximum Gasteiger partial charge on any atom is 0.236 e. The van der Waals surface area contributed by atoms with Crippen molar-refractivity contribution in [3.8, 4) is 0 Å². The lowest BCUT2D eigenvalue weighted by atomic mass is 9.96. The standard InChI is InChI=1S/C19H27N5S/c1-5-6-11-20-18-23-24-17(21-22-19(24)25-18)14(4)16-9-7-15(8-10-16)12-13(2)3/h7-10,13-14H,5-6,11-12H2,1-4H3,(H,20,23). The van der Waals surface area contributed by atoms with Gasteiger partial charge < -0.3 is 5.32 Å². The molecule has 0 bridgehead atoms. The molecule has 134 valence electrons. The van der Waals surface area contributed by atoms with Crippen LogP contribution in [-0.2, 0) is 6.42 Å². The van der Waals surface area contributed by atoms with Gasteiger partial charge in [0.1, 0.15) is 0 Å². The summed E-state index contributed by atoms with van der Waals surface area (Å²) in [6.45, 7) is 9.79. The number of anilines is 1. The summed E-state index contributed by atoms with van der Waals surface area (Å²) in [7, 11) is 0. The van der Waals surface area contributed by atoms with Gasteiger partial charge in [-0.3, -0.25) is 0 Å². The van der Waals surface area contributed by atoms with E-state index in [-0.39, 0.29) is 5.92 Å². The predicted molar refractivity (Wildman–Crippen MR) is 105 cm³/mol. The van der Waals surface area contributed by atoms with E-state index in [0.717, 1.165) is 35.3 Å². The fourth-order valence-corrected chi connectivity index (χ4v) is 3.68. The summed E-state index contributed by atoms with van der Waals surface area (Å²) in [5.74, 6) is 1.73. The SMILES string of the molecule is CCCCNc1nn2c(C(C)c3ccc(CC(C)C)cc3)nnc2s1. The zero-order valence-electron chi connectivity index (χ0n) is 15.5. The highest BCUT2D eigenvalue weighted by atomic mass is 32.1. The first kappa shape index (κ1) is 17.9. The van der Waals surface area contributed by atoms with Crippen LogP contribution < -0.4 is 5.32 Å². The van der Waals surface area contributed by atoms with Crippen LogP contribution in [0.1, 0.15) is 63.4 Å². The van der Waals surface area contributed by atoms with Crippen molar-refractivity contribution in [1.29, 1.82) is 0 Å². The van der Waals surface area contributed by atoms with Crippen LogP contribution in [0.15, 0.2) is 24.3 Å². The quantitative estimate of drug-likeness (QED) is 0.591. The molecular formula is C19H27N5S. The average molecular weight is 358 g/mol. The minimum Gasteiger partial charge on any atom is -0.360 e. The molecule has 2 heterocycles. The molecule has 0 amide bonds. The number of fused-ring (bicyclic) bond motifs is 1. The molecule has 1 N–H and O–H groups in total. The first-order valence-electron chi connectivity index (χ1n) is 9.13. The van der Waals surface area contributed by atoms with Crippen LogP contribution in [0.4, 0.5) is 5.13 Å². The van der Waals surface area contributed by atoms with Gasteiger partial charge in [-0.15, -0.1) is 15.3 Å². The van der Waals surface area contributed by atoms with Gasteiger partial charge in [-0.2, -0.15) is 4.52 Å². The van der Waals surface area contributed by atoms with Gasteiger partial charge in [0.15, 0.2) is 5.82 Å². The van der Waals surface area contributed by atoms with Gasteiger partial charge in [0, 0.05) is 12.5 Å². The summed E-state index contributed by atoms with van der Waals surface area (Å²) in [5, 5.41) is 17.6. The number of hydrogen-bond acceptors (Lipinski definition) is 5. The highest BCUT2D eigenvalue weighted by Crippen LogP contribution is 2.27. The third-order valence-electron chi connectivity index (χ3n) is 4.33. The Balaban J connectivity index is 1.78. The van der Waals surface area contributed by atoms with E-state index in [1.807, 2.05) is 4.52 Å². The van der Waals surface area contributed by atoms with E-state index in [0.29, 0.717) is 5.92 Å². The van der Waals surface area contributed by atoms with E-state index in [2.05, 4.69) is 72.6 Å². The lowest BCUT2D eigenvalue weighted by molar-refractivity contribution is 0.647. The Morgan fingerprint density at radius 1 is 1.12 bits per heavy atom. The molecule has 0 radical (unpaired) electrons. The molecular weight excluding hydrogens is 330 g/mol. The molecule has 2 aromatic heterocycles. The lowest BCUT2D eigenvalue weighted by Gasteiger charge is -2.11. The van der Waals surface area contributed by atoms with E-state index >= 15 is 0 Å². The van der Waals surface area contributed by atoms with Crippen molar-refractivity contribution >= 4 is 21.4 Å². The third kappa shape index (κ3) is 4.18. The van der Waals surface area contributed by atoms with Crippen LogP contribution in [0.5, 0.6) is 0 Å². The second-order valence-electron chi connectivity index (χ2n) is 7.00. The summed E-state index contributed by atoms with van der Waals surface area (Å²) in [6, 6.07) is 8.86. The Morgan fingerprint density at radius 3 is 2.56 bits per heavy atom. The van der Waals surface area contributed by atoms with E-state index in [9.17, 15) is 0 Å². The second kappa shape index (κ2) is 7.95. The van der Waals surface area contributed by atoms with Crippen molar-refractivity contribution in [3.63, 3.8) is 0 Å². The van der Waals surface area contributed by atoms with Crippen LogP contribution in [-0.4, -0.2) is 26.4 Å². The molecule has 1 atom stereocenters. The average Bonchev–Trinajstić information content (AvgIpc) is 3.15. The van der Waals surface area contributed by atoms with Gasteiger partial charge in [-0.25, -0.2) is 0 Å². The summed E-state index contributed by atoms with van der Waals surface area (Å²) in [4.78, 5) is 0.845. The predicted octanol–water partition coefficient (Wildman–Crippen LogP) is 4.75. The van der Waals surface area contributed by atoms with Crippen molar-refractivity contribution < 1.29 is 0 Å². The lowest BCUT2D eigenvalue weighted by Crippen LogP contribution is -2.05. The molecule has 0 aliphatic rings. The van der Waals surface area contributed by atoms with Crippen LogP contribution in [0.25, 0.3) is 4.96 Å². The molecule has 0 saturated carbocycles. The number of nitrogens with zero attached hydrogens (tertiary/aromatic N) is 4. The van der Waals surface area contributed by atoms with Crippen molar-refractivity contribution in [2.45, 2.75) is 52.9 Å². The van der Waals surface area contributed by atoms with E-state index in [4.69, 9.17) is 0 Å². The molecule has 1 unspecified atom stereocenters. The molecule has 0 fully saturated rings. The van der Waals surface area contributed by atoms with Crippen molar-refractivity contribution in [2.24, 2.45) is 5.92 Å². The van der Waals surface area contributed by atoms with Crippen LogP contribution >= 0.6 is 11.3 Å². The molecule has 3 aromatic rings. The Bertz CT molecular complexity index is 803. The van der Waals surface area contributed by atoms with Crippen molar-refractivity contribution in [1.82, 2.24) is 19.8 Å². The zero-order valence-corrected chi connectivity index (χ0v) is 16.3. The Hall–Kier alpha value is -1.95. The van der Waals surface area contributed by atoms with Gasteiger partial charge in [0.05, 0.1) is 0 Å². The van der Waals surface area contributed by atoms with Gasteiger partial charge in [0.2, 0.25) is 10.1 Å². The normalized spacial score (nSPS) is 12.8. The minimum absolute atomic E-state index is 0.161. The van der Waals surface area contributed by atoms with Gasteiger partial charge in [-0.1, -0.05) is 69.7 Å². The van der Waals surface area contributed by atoms with Crippen molar-refractivity contribution in [3.05, 3.63) is 41.2 Å². The smallest absolute Gasteiger partial charge is 0.236 e. The topological polar surface area (TPSA) is 55.1 Å². The highest BCUT2D eigenvalue weighted by Gasteiger charge is 2.18. The molecule has 1 aromatic carbocycles. The molecule has 0 aliphatic carbocycles. The number of nitrogens with one attached hydrogen (secondary N) is 1. The molecule has 25 heavy (non-hydrogen) atoms. The molecule has 6 heteroatoms. The summed E-state index contributed by atoms with van der Waals surface area (Å²) >= 11 is 1.56. The summed E-state index contributed by atoms with van der Waals surface area (Å²) < 4.78 is 1.88. The zero-order chi connectivity index (χ0) is 17.8. The monoisotopic (exact) mass is 357 g/mol. The Labute approximate surface area is 153 Å². The maximum absolute atomic E-state index is 4.65. The summed E-state index contributed by atoms with van der Waals surface area (Å²) in [5.41, 5.74) is 2.63. The second-order valence-corrected chi connectivity index (χ2v) is 7.96. The number of rotatable bonds is 8. The first-order chi connectivity index (χ1) is 12.1. The van der Waals surface area contributed by atoms with E-state index < -0.39 is 0 Å². The highest BCUT2D eigenvalue weighted by molar-refractivity contribution is 7.20. The van der Waals surface area contributed by atoms with Gasteiger partial charge >= 0.3 is 0 Å².